The van der Waals surface area contributed by atoms with Gasteiger partial charge in [-0.25, -0.2) is 4.99 Å². The molecule has 0 bridgehead atoms. The number of benzene rings is 2. The predicted octanol–water partition coefficient (Wildman–Crippen LogP) is -0.692. The van der Waals surface area contributed by atoms with Crippen LogP contribution in [-0.4, -0.2) is 5.71 Å². The van der Waals surface area contributed by atoms with E-state index in [-0.39, 0.29) is 22.4 Å². The van der Waals surface area contributed by atoms with Crippen molar-refractivity contribution in [3.63, 3.8) is 0 Å². The van der Waals surface area contributed by atoms with Crippen molar-refractivity contribution in [3.05, 3.63) is 42.0 Å². The Bertz CT molecular complexity index is 611. The molecule has 0 atom stereocenters. The molecule has 88 valence electrons. The molecule has 17 heavy (non-hydrogen) atoms. The summed E-state index contributed by atoms with van der Waals surface area (Å²) in [5.41, 5.74) is 4.15. The molecule has 2 heteroatoms. The molecular formula is C15H16BrN. The summed E-state index contributed by atoms with van der Waals surface area (Å²) in [6.45, 7) is 6.75. The maximum absolute atomic E-state index is 3.50. The molecule has 1 aliphatic heterocycles. The molecule has 0 spiro atoms. The van der Waals surface area contributed by atoms with Crippen LogP contribution in [-0.2, 0) is 5.41 Å². The molecule has 0 saturated carbocycles. The summed E-state index contributed by atoms with van der Waals surface area (Å²) in [5, 5.41) is 2.69. The summed E-state index contributed by atoms with van der Waals surface area (Å²) in [5.74, 6) is 0. The van der Waals surface area contributed by atoms with Gasteiger partial charge in [0.1, 0.15) is 0 Å². The van der Waals surface area contributed by atoms with E-state index in [1.54, 1.807) is 0 Å². The van der Waals surface area contributed by atoms with Gasteiger partial charge in [-0.15, -0.1) is 0 Å². The van der Waals surface area contributed by atoms with Gasteiger partial charge in [-0.1, -0.05) is 24.3 Å². The van der Waals surface area contributed by atoms with Crippen molar-refractivity contribution in [1.29, 1.82) is 0 Å². The smallest absolute Gasteiger partial charge is 0.208 e. The Morgan fingerprint density at radius 2 is 1.71 bits per heavy atom. The van der Waals surface area contributed by atoms with Crippen LogP contribution in [0.5, 0.6) is 0 Å². The summed E-state index contributed by atoms with van der Waals surface area (Å²) >= 11 is 0. The molecule has 1 N–H and O–H groups in total. The Morgan fingerprint density at radius 3 is 2.47 bits per heavy atom. The number of halogens is 1. The zero-order chi connectivity index (χ0) is 11.3. The molecule has 2 aromatic rings. The molecule has 1 nitrogen and oxygen atoms in total. The van der Waals surface area contributed by atoms with Gasteiger partial charge < -0.3 is 17.0 Å². The second kappa shape index (κ2) is 3.95. The highest BCUT2D eigenvalue weighted by Gasteiger charge is 2.39. The first-order chi connectivity index (χ1) is 7.60. The van der Waals surface area contributed by atoms with E-state index in [1.165, 1.54) is 27.7 Å². The molecule has 0 saturated heterocycles. The summed E-state index contributed by atoms with van der Waals surface area (Å²) in [6.07, 6.45) is 0. The van der Waals surface area contributed by atoms with Gasteiger partial charge in [0.2, 0.25) is 5.69 Å². The molecule has 2 aromatic carbocycles. The highest BCUT2D eigenvalue weighted by atomic mass is 79.9. The average molecular weight is 290 g/mol. The Hall–Kier alpha value is -1.15. The third-order valence-corrected chi connectivity index (χ3v) is 3.81. The van der Waals surface area contributed by atoms with Gasteiger partial charge in [-0.2, -0.15) is 0 Å². The fraction of sp³-hybridized carbons (Fsp3) is 0.267. The quantitative estimate of drug-likeness (QED) is 0.660. The lowest BCUT2D eigenvalue weighted by Crippen LogP contribution is -3.00. The minimum Gasteiger partial charge on any atom is -1.00 e. The summed E-state index contributed by atoms with van der Waals surface area (Å²) in [6, 6.07) is 13.0. The van der Waals surface area contributed by atoms with Crippen molar-refractivity contribution in [3.8, 4) is 0 Å². The van der Waals surface area contributed by atoms with E-state index < -0.39 is 0 Å². The fourth-order valence-corrected chi connectivity index (χ4v) is 2.59. The van der Waals surface area contributed by atoms with E-state index in [9.17, 15) is 0 Å². The molecule has 3 rings (SSSR count). The van der Waals surface area contributed by atoms with Crippen molar-refractivity contribution in [2.75, 3.05) is 0 Å². The number of hydrogen-bond donors (Lipinski definition) is 1. The van der Waals surface area contributed by atoms with Crippen molar-refractivity contribution in [2.24, 2.45) is 0 Å². The minimum absolute atomic E-state index is 0. The Kier molecular flexibility index (Phi) is 2.86. The zero-order valence-electron chi connectivity index (χ0n) is 10.3. The number of hydrogen-bond acceptors (Lipinski definition) is 0. The second-order valence-electron chi connectivity index (χ2n) is 5.08. The van der Waals surface area contributed by atoms with Crippen LogP contribution >= 0.6 is 0 Å². The fourth-order valence-electron chi connectivity index (χ4n) is 2.59. The van der Waals surface area contributed by atoms with E-state index in [2.05, 4.69) is 62.2 Å². The maximum Gasteiger partial charge on any atom is 0.208 e. The van der Waals surface area contributed by atoms with Gasteiger partial charge in [0.25, 0.3) is 0 Å². The summed E-state index contributed by atoms with van der Waals surface area (Å²) < 4.78 is 0. The molecule has 0 aliphatic carbocycles. The maximum atomic E-state index is 3.50. The third-order valence-electron chi connectivity index (χ3n) is 3.81. The Labute approximate surface area is 112 Å². The molecule has 1 heterocycles. The van der Waals surface area contributed by atoms with Crippen molar-refractivity contribution in [2.45, 2.75) is 26.2 Å². The van der Waals surface area contributed by atoms with Crippen molar-refractivity contribution >= 4 is 22.2 Å². The molecule has 0 aromatic heterocycles. The topological polar surface area (TPSA) is 14.0 Å². The third kappa shape index (κ3) is 1.62. The zero-order valence-corrected chi connectivity index (χ0v) is 11.9. The van der Waals surface area contributed by atoms with E-state index >= 15 is 0 Å². The monoisotopic (exact) mass is 289 g/mol. The van der Waals surface area contributed by atoms with Crippen LogP contribution in [0.1, 0.15) is 26.3 Å². The van der Waals surface area contributed by atoms with Crippen LogP contribution in [0.3, 0.4) is 0 Å². The van der Waals surface area contributed by atoms with Crippen molar-refractivity contribution < 1.29 is 22.0 Å². The largest absolute Gasteiger partial charge is 1.00 e. The molecule has 0 fully saturated rings. The summed E-state index contributed by atoms with van der Waals surface area (Å²) in [7, 11) is 0. The molecule has 0 unspecified atom stereocenters. The average Bonchev–Trinajstić information content (AvgIpc) is 2.50. The minimum atomic E-state index is 0. The number of fused-ring (bicyclic) bond motifs is 3. The van der Waals surface area contributed by atoms with E-state index in [0.717, 1.165) is 0 Å². The standard InChI is InChI=1S/C15H15N.BrH/c1-10-15(2,3)14-12-7-5-4-6-11(12)8-9-13(14)16-10;/h4-9H,1-3H3;1H. The van der Waals surface area contributed by atoms with Crippen molar-refractivity contribution in [1.82, 2.24) is 0 Å². The Morgan fingerprint density at radius 1 is 1.00 bits per heavy atom. The molecule has 0 amide bonds. The van der Waals surface area contributed by atoms with Gasteiger partial charge in [-0.05, 0) is 30.7 Å². The van der Waals surface area contributed by atoms with Gasteiger partial charge in [0.15, 0.2) is 5.71 Å². The lowest BCUT2D eigenvalue weighted by atomic mass is 9.80. The van der Waals surface area contributed by atoms with Crippen LogP contribution in [0, 0.1) is 0 Å². The Balaban J connectivity index is 0.00000108. The van der Waals surface area contributed by atoms with Gasteiger partial charge in [0.05, 0.1) is 5.41 Å². The number of nitrogens with one attached hydrogen (secondary N) is 1. The van der Waals surface area contributed by atoms with E-state index in [1.807, 2.05) is 0 Å². The highest BCUT2D eigenvalue weighted by molar-refractivity contribution is 6.00. The van der Waals surface area contributed by atoms with Gasteiger partial charge in [-0.3, -0.25) is 0 Å². The second-order valence-corrected chi connectivity index (χ2v) is 5.08. The summed E-state index contributed by atoms with van der Waals surface area (Å²) in [4.78, 5) is 3.50. The van der Waals surface area contributed by atoms with Crippen LogP contribution in [0.2, 0.25) is 0 Å². The van der Waals surface area contributed by atoms with Crippen LogP contribution in [0.25, 0.3) is 10.8 Å². The first kappa shape index (κ1) is 12.3. The molecule has 1 aliphatic rings. The predicted molar refractivity (Wildman–Crippen MR) is 68.3 cm³/mol. The molecule has 0 radical (unpaired) electrons. The molecular weight excluding hydrogens is 274 g/mol. The SMILES string of the molecule is CC1=[NH+]c2ccc3ccccc3c2C1(C)C.[Br-]. The van der Waals surface area contributed by atoms with Crippen LogP contribution in [0.15, 0.2) is 36.4 Å². The van der Waals surface area contributed by atoms with Crippen LogP contribution in [0.4, 0.5) is 5.69 Å². The lowest BCUT2D eigenvalue weighted by molar-refractivity contribution is -0.351. The highest BCUT2D eigenvalue weighted by Crippen LogP contribution is 2.36. The van der Waals surface area contributed by atoms with E-state index in [4.69, 9.17) is 0 Å². The van der Waals surface area contributed by atoms with Gasteiger partial charge in [0, 0.05) is 18.6 Å². The number of rotatable bonds is 0. The van der Waals surface area contributed by atoms with Gasteiger partial charge >= 0.3 is 0 Å². The van der Waals surface area contributed by atoms with Crippen LogP contribution < -0.4 is 22.0 Å². The normalized spacial score (nSPS) is 16.3. The first-order valence-corrected chi connectivity index (χ1v) is 5.74. The lowest BCUT2D eigenvalue weighted by Gasteiger charge is -2.17. The first-order valence-electron chi connectivity index (χ1n) is 5.74. The van der Waals surface area contributed by atoms with E-state index in [0.29, 0.717) is 0 Å².